The van der Waals surface area contributed by atoms with Crippen LogP contribution in [0.15, 0.2) is 12.1 Å². The van der Waals surface area contributed by atoms with Gasteiger partial charge in [0.1, 0.15) is 17.1 Å². The largest absolute Gasteiger partial charge is 0.496 e. The van der Waals surface area contributed by atoms with E-state index >= 15 is 0 Å². The summed E-state index contributed by atoms with van der Waals surface area (Å²) in [4.78, 5) is 12.0. The normalized spacial score (nSPS) is 19.3. The van der Waals surface area contributed by atoms with Gasteiger partial charge in [-0.1, -0.05) is 6.42 Å². The van der Waals surface area contributed by atoms with Crippen LogP contribution in [0.1, 0.15) is 48.0 Å². The molecule has 4 nitrogen and oxygen atoms in total. The lowest BCUT2D eigenvalue weighted by atomic mass is 9.82. The van der Waals surface area contributed by atoms with E-state index in [0.717, 1.165) is 36.3 Å². The van der Waals surface area contributed by atoms with Gasteiger partial charge < -0.3 is 14.8 Å². The molecule has 1 fully saturated rings. The zero-order valence-electron chi connectivity index (χ0n) is 12.1. The van der Waals surface area contributed by atoms with Gasteiger partial charge in [0.25, 0.3) is 5.91 Å². The minimum Gasteiger partial charge on any atom is -0.496 e. The quantitative estimate of drug-likeness (QED) is 0.902. The van der Waals surface area contributed by atoms with E-state index in [9.17, 15) is 4.79 Å². The van der Waals surface area contributed by atoms with Gasteiger partial charge in [0.05, 0.1) is 12.7 Å². The molecule has 1 heterocycles. The Hall–Kier alpha value is -1.71. The Balaban J connectivity index is 2.02. The third-order valence-electron chi connectivity index (χ3n) is 4.49. The van der Waals surface area contributed by atoms with Crippen LogP contribution >= 0.6 is 0 Å². The molecule has 1 aromatic carbocycles. The molecule has 20 heavy (non-hydrogen) atoms. The maximum atomic E-state index is 12.0. The number of rotatable bonds is 2. The minimum atomic E-state index is -0.113. The van der Waals surface area contributed by atoms with Crippen LogP contribution in [0.5, 0.6) is 11.5 Å². The van der Waals surface area contributed by atoms with E-state index in [1.807, 2.05) is 6.07 Å². The molecule has 2 aliphatic rings. The van der Waals surface area contributed by atoms with Gasteiger partial charge in [-0.05, 0) is 37.8 Å². The van der Waals surface area contributed by atoms with E-state index in [0.29, 0.717) is 5.56 Å². The molecule has 108 valence electrons. The van der Waals surface area contributed by atoms with Crippen molar-refractivity contribution in [2.45, 2.75) is 44.1 Å². The number of methoxy groups -OCH3 is 1. The van der Waals surface area contributed by atoms with Crippen molar-refractivity contribution in [1.29, 1.82) is 0 Å². The summed E-state index contributed by atoms with van der Waals surface area (Å²) in [6, 6.07) is 3.66. The van der Waals surface area contributed by atoms with Crippen LogP contribution in [0.2, 0.25) is 0 Å². The Kier molecular flexibility index (Phi) is 3.32. The lowest BCUT2D eigenvalue weighted by molar-refractivity contribution is 0.0517. The van der Waals surface area contributed by atoms with Crippen molar-refractivity contribution >= 4 is 5.91 Å². The first kappa shape index (κ1) is 13.3. The monoisotopic (exact) mass is 275 g/mol. The smallest absolute Gasteiger partial charge is 0.254 e. The summed E-state index contributed by atoms with van der Waals surface area (Å²) < 4.78 is 11.7. The number of carbonyl (C=O) groups excluding carboxylic acids is 1. The van der Waals surface area contributed by atoms with Crippen molar-refractivity contribution in [3.63, 3.8) is 0 Å². The summed E-state index contributed by atoms with van der Waals surface area (Å²) in [7, 11) is 3.31. The van der Waals surface area contributed by atoms with Crippen LogP contribution in [0, 0.1) is 0 Å². The fourth-order valence-electron chi connectivity index (χ4n) is 3.45. The number of hydrogen-bond donors (Lipinski definition) is 1. The van der Waals surface area contributed by atoms with E-state index in [2.05, 4.69) is 5.32 Å². The highest BCUT2D eigenvalue weighted by molar-refractivity contribution is 5.97. The maximum absolute atomic E-state index is 12.0. The lowest BCUT2D eigenvalue weighted by Crippen LogP contribution is -2.36. The van der Waals surface area contributed by atoms with Gasteiger partial charge in [-0.15, -0.1) is 0 Å². The SMILES string of the molecule is CNC(=O)c1ccc(OC)c2c1OC1(CCCCC1)C2. The molecule has 0 saturated heterocycles. The Morgan fingerprint density at radius 3 is 2.70 bits per heavy atom. The van der Waals surface area contributed by atoms with E-state index in [-0.39, 0.29) is 11.5 Å². The van der Waals surface area contributed by atoms with Gasteiger partial charge >= 0.3 is 0 Å². The molecule has 0 unspecified atom stereocenters. The van der Waals surface area contributed by atoms with Crippen LogP contribution in [0.25, 0.3) is 0 Å². The maximum Gasteiger partial charge on any atom is 0.254 e. The highest BCUT2D eigenvalue weighted by Gasteiger charge is 2.43. The average molecular weight is 275 g/mol. The first-order valence-corrected chi connectivity index (χ1v) is 7.30. The molecule has 1 aliphatic carbocycles. The van der Waals surface area contributed by atoms with Gasteiger partial charge in [-0.25, -0.2) is 0 Å². The van der Waals surface area contributed by atoms with Crippen molar-refractivity contribution in [3.05, 3.63) is 23.3 Å². The van der Waals surface area contributed by atoms with Crippen LogP contribution in [0.3, 0.4) is 0 Å². The molecular formula is C16H21NO3. The van der Waals surface area contributed by atoms with Gasteiger partial charge in [0, 0.05) is 19.0 Å². The molecule has 1 saturated carbocycles. The average Bonchev–Trinajstić information content (AvgIpc) is 2.84. The third kappa shape index (κ3) is 2.03. The summed E-state index contributed by atoms with van der Waals surface area (Å²) in [5, 5.41) is 2.68. The van der Waals surface area contributed by atoms with Crippen LogP contribution in [0.4, 0.5) is 0 Å². The van der Waals surface area contributed by atoms with Gasteiger partial charge in [0.15, 0.2) is 0 Å². The van der Waals surface area contributed by atoms with Crippen molar-refractivity contribution in [1.82, 2.24) is 5.32 Å². The minimum absolute atomic E-state index is 0.100. The number of benzene rings is 1. The summed E-state index contributed by atoms with van der Waals surface area (Å²) >= 11 is 0. The zero-order valence-corrected chi connectivity index (χ0v) is 12.1. The summed E-state index contributed by atoms with van der Waals surface area (Å²) in [6.45, 7) is 0. The van der Waals surface area contributed by atoms with Crippen LogP contribution < -0.4 is 14.8 Å². The Bertz CT molecular complexity index is 533. The number of nitrogens with one attached hydrogen (secondary N) is 1. The number of carbonyl (C=O) groups is 1. The fraction of sp³-hybridized carbons (Fsp3) is 0.562. The van der Waals surface area contributed by atoms with E-state index in [1.165, 1.54) is 19.3 Å². The standard InChI is InChI=1S/C16H21NO3/c1-17-15(18)11-6-7-13(19-2)12-10-16(20-14(11)12)8-4-3-5-9-16/h6-7H,3-5,8-10H2,1-2H3,(H,17,18). The molecule has 0 bridgehead atoms. The van der Waals surface area contributed by atoms with Gasteiger partial charge in [-0.2, -0.15) is 0 Å². The molecule has 4 heteroatoms. The lowest BCUT2D eigenvalue weighted by Gasteiger charge is -2.32. The molecule has 1 spiro atoms. The van der Waals surface area contributed by atoms with Crippen molar-refractivity contribution in [2.75, 3.05) is 14.2 Å². The second kappa shape index (κ2) is 5.00. The van der Waals surface area contributed by atoms with Gasteiger partial charge in [0.2, 0.25) is 0 Å². The van der Waals surface area contributed by atoms with Crippen LogP contribution in [-0.4, -0.2) is 25.7 Å². The van der Waals surface area contributed by atoms with Crippen molar-refractivity contribution in [2.24, 2.45) is 0 Å². The number of ether oxygens (including phenoxy) is 2. The Labute approximate surface area is 119 Å². The molecular weight excluding hydrogens is 254 g/mol. The predicted molar refractivity (Wildman–Crippen MR) is 76.5 cm³/mol. The highest BCUT2D eigenvalue weighted by atomic mass is 16.5. The molecule has 1 aromatic rings. The molecule has 0 radical (unpaired) electrons. The number of fused-ring (bicyclic) bond motifs is 1. The molecule has 0 atom stereocenters. The topological polar surface area (TPSA) is 47.6 Å². The second-order valence-corrected chi connectivity index (χ2v) is 5.72. The molecule has 0 aromatic heterocycles. The number of hydrogen-bond acceptors (Lipinski definition) is 3. The summed E-state index contributed by atoms with van der Waals surface area (Å²) in [5.74, 6) is 1.46. The highest BCUT2D eigenvalue weighted by Crippen LogP contribution is 2.48. The second-order valence-electron chi connectivity index (χ2n) is 5.72. The molecule has 1 aliphatic heterocycles. The van der Waals surface area contributed by atoms with E-state index in [4.69, 9.17) is 9.47 Å². The Morgan fingerprint density at radius 2 is 2.05 bits per heavy atom. The molecule has 3 rings (SSSR count). The number of amides is 1. The fourth-order valence-corrected chi connectivity index (χ4v) is 3.45. The van der Waals surface area contributed by atoms with E-state index in [1.54, 1.807) is 20.2 Å². The molecule has 1 N–H and O–H groups in total. The van der Waals surface area contributed by atoms with Crippen LogP contribution in [-0.2, 0) is 6.42 Å². The van der Waals surface area contributed by atoms with E-state index < -0.39 is 0 Å². The Morgan fingerprint density at radius 1 is 1.30 bits per heavy atom. The first-order valence-electron chi connectivity index (χ1n) is 7.30. The summed E-state index contributed by atoms with van der Waals surface area (Å²) in [6.07, 6.45) is 6.67. The zero-order chi connectivity index (χ0) is 14.2. The van der Waals surface area contributed by atoms with Crippen molar-refractivity contribution < 1.29 is 14.3 Å². The first-order chi connectivity index (χ1) is 9.69. The van der Waals surface area contributed by atoms with Crippen molar-refractivity contribution in [3.8, 4) is 11.5 Å². The molecule has 1 amide bonds. The third-order valence-corrected chi connectivity index (χ3v) is 4.49. The van der Waals surface area contributed by atoms with Gasteiger partial charge in [-0.3, -0.25) is 4.79 Å². The summed E-state index contributed by atoms with van der Waals surface area (Å²) in [5.41, 5.74) is 1.55. The predicted octanol–water partition coefficient (Wildman–Crippen LogP) is 2.69.